The summed E-state index contributed by atoms with van der Waals surface area (Å²) in [6, 6.07) is 6.57. The Balaban J connectivity index is 1.93. The van der Waals surface area contributed by atoms with Gasteiger partial charge in [-0.15, -0.1) is 0 Å². The molecule has 1 aliphatic heterocycles. The molecule has 0 saturated carbocycles. The van der Waals surface area contributed by atoms with Crippen LogP contribution >= 0.6 is 0 Å². The maximum absolute atomic E-state index is 13.8. The van der Waals surface area contributed by atoms with Gasteiger partial charge in [0.2, 0.25) is 0 Å². The van der Waals surface area contributed by atoms with Crippen LogP contribution in [0.1, 0.15) is 17.5 Å². The van der Waals surface area contributed by atoms with Gasteiger partial charge < -0.3 is 5.11 Å². The molecule has 0 radical (unpaired) electrons. The smallest absolute Gasteiger partial charge is 0.303 e. The Morgan fingerprint density at radius 1 is 1.56 bits per heavy atom. The molecule has 0 bridgehead atoms. The molecule has 1 aromatic rings. The standard InChI is InChI=1S/C13H13FN2O2/c14-13-10(5-15)2-1-3-11(13)8-16-6-9(7-16)4-12(17)18/h1-3,9H,4,6-8H2,(H,17,18). The first-order chi connectivity index (χ1) is 8.60. The van der Waals surface area contributed by atoms with Gasteiger partial charge in [-0.1, -0.05) is 12.1 Å². The largest absolute Gasteiger partial charge is 0.481 e. The summed E-state index contributed by atoms with van der Waals surface area (Å²) in [6.07, 6.45) is 0.164. The van der Waals surface area contributed by atoms with Crippen molar-refractivity contribution in [2.75, 3.05) is 13.1 Å². The maximum Gasteiger partial charge on any atom is 0.303 e. The number of halogens is 1. The van der Waals surface area contributed by atoms with Crippen LogP contribution in [-0.2, 0) is 11.3 Å². The fourth-order valence-corrected chi connectivity index (χ4v) is 2.21. The van der Waals surface area contributed by atoms with Crippen molar-refractivity contribution < 1.29 is 14.3 Å². The molecule has 2 rings (SSSR count). The van der Waals surface area contributed by atoms with E-state index in [4.69, 9.17) is 10.4 Å². The van der Waals surface area contributed by atoms with Crippen LogP contribution < -0.4 is 0 Å². The van der Waals surface area contributed by atoms with Crippen LogP contribution in [0.5, 0.6) is 0 Å². The molecule has 0 aromatic heterocycles. The number of likely N-dealkylation sites (tertiary alicyclic amines) is 1. The zero-order valence-corrected chi connectivity index (χ0v) is 9.77. The third-order valence-electron chi connectivity index (χ3n) is 3.09. The molecule has 0 aliphatic carbocycles. The Bertz CT molecular complexity index is 504. The van der Waals surface area contributed by atoms with E-state index in [9.17, 15) is 9.18 Å². The van der Waals surface area contributed by atoms with Gasteiger partial charge in [0.1, 0.15) is 11.9 Å². The summed E-state index contributed by atoms with van der Waals surface area (Å²) in [7, 11) is 0. The van der Waals surface area contributed by atoms with Crippen molar-refractivity contribution in [3.8, 4) is 6.07 Å². The van der Waals surface area contributed by atoms with Crippen molar-refractivity contribution in [2.45, 2.75) is 13.0 Å². The molecule has 1 aliphatic rings. The molecule has 1 aromatic carbocycles. The first-order valence-corrected chi connectivity index (χ1v) is 5.71. The number of aliphatic carboxylic acids is 1. The predicted octanol–water partition coefficient (Wildman–Crippen LogP) is 1.60. The Morgan fingerprint density at radius 2 is 2.28 bits per heavy atom. The van der Waals surface area contributed by atoms with E-state index >= 15 is 0 Å². The van der Waals surface area contributed by atoms with E-state index in [0.29, 0.717) is 25.2 Å². The van der Waals surface area contributed by atoms with E-state index in [0.717, 1.165) is 0 Å². The number of hydrogen-bond acceptors (Lipinski definition) is 3. The highest BCUT2D eigenvalue weighted by molar-refractivity contribution is 5.67. The lowest BCUT2D eigenvalue weighted by atomic mass is 9.95. The van der Waals surface area contributed by atoms with Gasteiger partial charge in [-0.2, -0.15) is 5.26 Å². The highest BCUT2D eigenvalue weighted by Crippen LogP contribution is 2.23. The first kappa shape index (κ1) is 12.5. The summed E-state index contributed by atoms with van der Waals surface area (Å²) in [5.74, 6) is -1.11. The van der Waals surface area contributed by atoms with Crippen molar-refractivity contribution in [1.29, 1.82) is 5.26 Å². The van der Waals surface area contributed by atoms with Crippen LogP contribution in [0.2, 0.25) is 0 Å². The van der Waals surface area contributed by atoms with Crippen LogP contribution in [-0.4, -0.2) is 29.1 Å². The number of rotatable bonds is 4. The van der Waals surface area contributed by atoms with Crippen molar-refractivity contribution >= 4 is 5.97 Å². The van der Waals surface area contributed by atoms with Crippen molar-refractivity contribution in [1.82, 2.24) is 4.90 Å². The minimum absolute atomic E-state index is 0.0510. The lowest BCUT2D eigenvalue weighted by Crippen LogP contribution is -2.46. The second kappa shape index (κ2) is 5.15. The molecule has 0 unspecified atom stereocenters. The minimum Gasteiger partial charge on any atom is -0.481 e. The summed E-state index contributed by atoms with van der Waals surface area (Å²) >= 11 is 0. The van der Waals surface area contributed by atoms with Crippen molar-refractivity contribution in [3.05, 3.63) is 35.1 Å². The van der Waals surface area contributed by atoms with Crippen LogP contribution in [0.3, 0.4) is 0 Å². The number of nitriles is 1. The average molecular weight is 248 g/mol. The normalized spacial score (nSPS) is 16.0. The number of carbonyl (C=O) groups is 1. The summed E-state index contributed by atoms with van der Waals surface area (Å²) in [6.45, 7) is 1.77. The summed E-state index contributed by atoms with van der Waals surface area (Å²) in [5.41, 5.74) is 0.540. The third-order valence-corrected chi connectivity index (χ3v) is 3.09. The van der Waals surface area contributed by atoms with Gasteiger partial charge >= 0.3 is 5.97 Å². The van der Waals surface area contributed by atoms with E-state index in [1.807, 2.05) is 11.0 Å². The lowest BCUT2D eigenvalue weighted by molar-refractivity contribution is -0.139. The number of benzene rings is 1. The van der Waals surface area contributed by atoms with Crippen molar-refractivity contribution in [3.63, 3.8) is 0 Å². The zero-order chi connectivity index (χ0) is 13.1. The number of nitrogens with zero attached hydrogens (tertiary/aromatic N) is 2. The molecular formula is C13H13FN2O2. The van der Waals surface area contributed by atoms with Crippen LogP contribution in [0.25, 0.3) is 0 Å². The van der Waals surface area contributed by atoms with Gasteiger partial charge in [-0.25, -0.2) is 4.39 Å². The maximum atomic E-state index is 13.8. The molecule has 1 N–H and O–H groups in total. The Kier molecular flexibility index (Phi) is 3.58. The molecule has 18 heavy (non-hydrogen) atoms. The second-order valence-electron chi connectivity index (χ2n) is 4.55. The van der Waals surface area contributed by atoms with Gasteiger partial charge in [-0.05, 0) is 12.0 Å². The van der Waals surface area contributed by atoms with Gasteiger partial charge in [0.25, 0.3) is 0 Å². The van der Waals surface area contributed by atoms with E-state index in [1.165, 1.54) is 6.07 Å². The topological polar surface area (TPSA) is 64.3 Å². The van der Waals surface area contributed by atoms with E-state index in [-0.39, 0.29) is 17.9 Å². The number of carboxylic acids is 1. The molecule has 1 fully saturated rings. The summed E-state index contributed by atoms with van der Waals surface area (Å²) in [5, 5.41) is 17.3. The predicted molar refractivity (Wildman–Crippen MR) is 62.1 cm³/mol. The molecule has 0 atom stereocenters. The fourth-order valence-electron chi connectivity index (χ4n) is 2.21. The van der Waals surface area contributed by atoms with Gasteiger partial charge in [-0.3, -0.25) is 9.69 Å². The SMILES string of the molecule is N#Cc1cccc(CN2CC(CC(=O)O)C2)c1F. The molecule has 5 heteroatoms. The Hall–Kier alpha value is -1.93. The molecular weight excluding hydrogens is 235 g/mol. The first-order valence-electron chi connectivity index (χ1n) is 5.71. The lowest BCUT2D eigenvalue weighted by Gasteiger charge is -2.38. The quantitative estimate of drug-likeness (QED) is 0.879. The van der Waals surface area contributed by atoms with Gasteiger partial charge in [0.15, 0.2) is 0 Å². The van der Waals surface area contributed by atoms with Crippen LogP contribution in [0.15, 0.2) is 18.2 Å². The summed E-state index contributed by atoms with van der Waals surface area (Å²) < 4.78 is 13.8. The molecule has 4 nitrogen and oxygen atoms in total. The average Bonchev–Trinajstić information content (AvgIpc) is 2.28. The van der Waals surface area contributed by atoms with Crippen LogP contribution in [0.4, 0.5) is 4.39 Å². The third kappa shape index (κ3) is 2.66. The zero-order valence-electron chi connectivity index (χ0n) is 9.77. The van der Waals surface area contributed by atoms with E-state index in [2.05, 4.69) is 0 Å². The van der Waals surface area contributed by atoms with E-state index in [1.54, 1.807) is 12.1 Å². The molecule has 0 amide bonds. The highest BCUT2D eigenvalue weighted by Gasteiger charge is 2.29. The molecule has 0 spiro atoms. The van der Waals surface area contributed by atoms with Gasteiger partial charge in [0, 0.05) is 25.2 Å². The monoisotopic (exact) mass is 248 g/mol. The van der Waals surface area contributed by atoms with Crippen LogP contribution in [0, 0.1) is 23.1 Å². The number of carboxylic acid groups (broad SMARTS) is 1. The molecule has 1 saturated heterocycles. The van der Waals surface area contributed by atoms with Gasteiger partial charge in [0.05, 0.1) is 12.0 Å². The molecule has 94 valence electrons. The summed E-state index contributed by atoms with van der Waals surface area (Å²) in [4.78, 5) is 12.5. The highest BCUT2D eigenvalue weighted by atomic mass is 19.1. The minimum atomic E-state index is -0.794. The fraction of sp³-hybridized carbons (Fsp3) is 0.385. The van der Waals surface area contributed by atoms with E-state index < -0.39 is 11.8 Å². The Labute approximate surface area is 104 Å². The second-order valence-corrected chi connectivity index (χ2v) is 4.55. The number of hydrogen-bond donors (Lipinski definition) is 1. The Morgan fingerprint density at radius 3 is 2.89 bits per heavy atom. The molecule has 1 heterocycles. The van der Waals surface area contributed by atoms with Crippen molar-refractivity contribution in [2.24, 2.45) is 5.92 Å².